The van der Waals surface area contributed by atoms with Crippen molar-refractivity contribution >= 4 is 0 Å². The molecule has 0 saturated heterocycles. The molecule has 66 valence electrons. The Morgan fingerprint density at radius 2 is 2.18 bits per heavy atom. The Kier molecular flexibility index (Phi) is 6.30. The fourth-order valence-corrected chi connectivity index (χ4v) is 1.54. The van der Waals surface area contributed by atoms with E-state index in [1.807, 2.05) is 0 Å². The molecule has 0 bridgehead atoms. The van der Waals surface area contributed by atoms with E-state index in [-0.39, 0.29) is 7.43 Å². The largest absolute Gasteiger partial charge is 0.0853 e. The van der Waals surface area contributed by atoms with Crippen LogP contribution in [0.4, 0.5) is 0 Å². The number of unbranched alkanes of at least 4 members (excludes halogenated alkanes) is 1. The lowest BCUT2D eigenvalue weighted by molar-refractivity contribution is 0.655. The van der Waals surface area contributed by atoms with E-state index < -0.39 is 0 Å². The van der Waals surface area contributed by atoms with Crippen molar-refractivity contribution in [2.24, 2.45) is 0 Å². The first-order valence-electron chi connectivity index (χ1n) is 4.61. The molecule has 0 saturated carbocycles. The molecule has 0 atom stereocenters. The van der Waals surface area contributed by atoms with Gasteiger partial charge in [-0.1, -0.05) is 32.4 Å². The van der Waals surface area contributed by atoms with E-state index in [4.69, 9.17) is 0 Å². The molecule has 0 aromatic heterocycles. The van der Waals surface area contributed by atoms with Gasteiger partial charge in [-0.2, -0.15) is 0 Å². The van der Waals surface area contributed by atoms with Gasteiger partial charge in [0.25, 0.3) is 0 Å². The molecule has 0 fully saturated rings. The number of allylic oxidation sites excluding steroid dienone is 2. The van der Waals surface area contributed by atoms with Gasteiger partial charge in [-0.05, 0) is 38.5 Å². The maximum Gasteiger partial charge on any atom is -0.0320 e. The van der Waals surface area contributed by atoms with Crippen LogP contribution in [0.15, 0.2) is 11.6 Å². The summed E-state index contributed by atoms with van der Waals surface area (Å²) in [7, 11) is 0. The Labute approximate surface area is 71.7 Å². The Morgan fingerprint density at radius 1 is 1.36 bits per heavy atom. The molecule has 0 heteroatoms. The minimum atomic E-state index is 0. The van der Waals surface area contributed by atoms with Crippen LogP contribution in [0.1, 0.15) is 59.3 Å². The third kappa shape index (κ3) is 4.23. The Morgan fingerprint density at radius 3 is 2.73 bits per heavy atom. The maximum atomic E-state index is 2.46. The van der Waals surface area contributed by atoms with Crippen LogP contribution >= 0.6 is 0 Å². The van der Waals surface area contributed by atoms with Crippen molar-refractivity contribution in [3.8, 4) is 0 Å². The fraction of sp³-hybridized carbons (Fsp3) is 0.818. The van der Waals surface area contributed by atoms with Crippen molar-refractivity contribution < 1.29 is 0 Å². The molecule has 0 heterocycles. The van der Waals surface area contributed by atoms with E-state index in [1.165, 1.54) is 44.9 Å². The van der Waals surface area contributed by atoms with Gasteiger partial charge >= 0.3 is 0 Å². The van der Waals surface area contributed by atoms with Crippen LogP contribution in [0.25, 0.3) is 0 Å². The first-order chi connectivity index (χ1) is 4.93. The lowest BCUT2D eigenvalue weighted by atomic mass is 9.96. The Balaban J connectivity index is 0.000001000. The van der Waals surface area contributed by atoms with Crippen LogP contribution in [0.5, 0.6) is 0 Å². The summed E-state index contributed by atoms with van der Waals surface area (Å²) in [5, 5.41) is 0. The highest BCUT2D eigenvalue weighted by Gasteiger charge is 2.01. The Hall–Kier alpha value is -0.260. The first-order valence-corrected chi connectivity index (χ1v) is 4.61. The van der Waals surface area contributed by atoms with E-state index in [0.717, 1.165) is 0 Å². The summed E-state index contributed by atoms with van der Waals surface area (Å²) in [4.78, 5) is 0. The summed E-state index contributed by atoms with van der Waals surface area (Å²) in [6, 6.07) is 0. The van der Waals surface area contributed by atoms with E-state index in [9.17, 15) is 0 Å². The van der Waals surface area contributed by atoms with Crippen LogP contribution < -0.4 is 0 Å². The van der Waals surface area contributed by atoms with Crippen molar-refractivity contribution in [1.82, 2.24) is 0 Å². The normalized spacial score (nSPS) is 17.0. The molecule has 11 heavy (non-hydrogen) atoms. The summed E-state index contributed by atoms with van der Waals surface area (Å²) in [6.07, 6.45) is 12.2. The van der Waals surface area contributed by atoms with Gasteiger partial charge in [0.1, 0.15) is 0 Å². The molecule has 0 aliphatic heterocycles. The van der Waals surface area contributed by atoms with E-state index in [1.54, 1.807) is 5.57 Å². The predicted octanol–water partition coefficient (Wildman–Crippen LogP) is 4.31. The number of rotatable bonds is 3. The molecule has 1 aliphatic carbocycles. The second-order valence-electron chi connectivity index (χ2n) is 3.21. The van der Waals surface area contributed by atoms with E-state index in [0.29, 0.717) is 0 Å². The van der Waals surface area contributed by atoms with Gasteiger partial charge in [0.2, 0.25) is 0 Å². The summed E-state index contributed by atoms with van der Waals surface area (Å²) >= 11 is 0. The standard InChI is InChI=1S/C10H18.CH4/c1-2-3-7-10-8-5-4-6-9-10;/h8H,2-7,9H2,1H3;1H4. The van der Waals surface area contributed by atoms with Gasteiger partial charge in [0.05, 0.1) is 0 Å². The van der Waals surface area contributed by atoms with Crippen LogP contribution in [0.3, 0.4) is 0 Å². The van der Waals surface area contributed by atoms with Crippen molar-refractivity contribution in [2.75, 3.05) is 0 Å². The van der Waals surface area contributed by atoms with Crippen molar-refractivity contribution in [2.45, 2.75) is 59.3 Å². The van der Waals surface area contributed by atoms with Gasteiger partial charge in [-0.15, -0.1) is 0 Å². The third-order valence-electron chi connectivity index (χ3n) is 2.24. The topological polar surface area (TPSA) is 0 Å². The minimum absolute atomic E-state index is 0. The highest BCUT2D eigenvalue weighted by Crippen LogP contribution is 2.21. The minimum Gasteiger partial charge on any atom is -0.0853 e. The number of hydrogen-bond acceptors (Lipinski definition) is 0. The van der Waals surface area contributed by atoms with Crippen LogP contribution in [-0.4, -0.2) is 0 Å². The Bertz CT molecular complexity index is 111. The molecule has 1 rings (SSSR count). The van der Waals surface area contributed by atoms with Crippen LogP contribution in [0.2, 0.25) is 0 Å². The predicted molar refractivity (Wildman–Crippen MR) is 52.8 cm³/mol. The highest BCUT2D eigenvalue weighted by molar-refractivity contribution is 5.04. The lowest BCUT2D eigenvalue weighted by Gasteiger charge is -2.11. The summed E-state index contributed by atoms with van der Waals surface area (Å²) in [5.41, 5.74) is 1.73. The van der Waals surface area contributed by atoms with Crippen molar-refractivity contribution in [1.29, 1.82) is 0 Å². The molecular formula is C11H22. The van der Waals surface area contributed by atoms with Crippen LogP contribution in [0, 0.1) is 0 Å². The zero-order valence-electron chi connectivity index (χ0n) is 7.03. The average Bonchev–Trinajstić information content (AvgIpc) is 2.03. The van der Waals surface area contributed by atoms with Crippen molar-refractivity contribution in [3.05, 3.63) is 11.6 Å². The first kappa shape index (κ1) is 10.7. The SMILES string of the molecule is C.CCCCC1=CCCCC1. The molecule has 0 radical (unpaired) electrons. The van der Waals surface area contributed by atoms with Gasteiger partial charge in [-0.25, -0.2) is 0 Å². The van der Waals surface area contributed by atoms with Gasteiger partial charge in [0, 0.05) is 0 Å². The van der Waals surface area contributed by atoms with Gasteiger partial charge in [-0.3, -0.25) is 0 Å². The summed E-state index contributed by atoms with van der Waals surface area (Å²) in [6.45, 7) is 2.27. The average molecular weight is 154 g/mol. The highest BCUT2D eigenvalue weighted by atomic mass is 14.1. The monoisotopic (exact) mass is 154 g/mol. The lowest BCUT2D eigenvalue weighted by Crippen LogP contribution is -1.91. The quantitative estimate of drug-likeness (QED) is 0.531. The molecule has 0 nitrogen and oxygen atoms in total. The molecule has 0 spiro atoms. The molecule has 0 N–H and O–H groups in total. The van der Waals surface area contributed by atoms with E-state index >= 15 is 0 Å². The molecule has 1 aliphatic rings. The summed E-state index contributed by atoms with van der Waals surface area (Å²) < 4.78 is 0. The maximum absolute atomic E-state index is 2.46. The smallest absolute Gasteiger partial charge is 0.0320 e. The second kappa shape index (κ2) is 6.45. The number of hydrogen-bond donors (Lipinski definition) is 0. The molecule has 0 amide bonds. The van der Waals surface area contributed by atoms with E-state index in [2.05, 4.69) is 13.0 Å². The zero-order chi connectivity index (χ0) is 7.23. The molecular weight excluding hydrogens is 132 g/mol. The molecule has 0 aromatic rings. The van der Waals surface area contributed by atoms with Gasteiger partial charge in [0.15, 0.2) is 0 Å². The van der Waals surface area contributed by atoms with Gasteiger partial charge < -0.3 is 0 Å². The molecule has 0 aromatic carbocycles. The summed E-state index contributed by atoms with van der Waals surface area (Å²) in [5.74, 6) is 0. The second-order valence-corrected chi connectivity index (χ2v) is 3.21. The molecule has 0 unspecified atom stereocenters. The van der Waals surface area contributed by atoms with Crippen molar-refractivity contribution in [3.63, 3.8) is 0 Å². The third-order valence-corrected chi connectivity index (χ3v) is 2.24. The van der Waals surface area contributed by atoms with Crippen LogP contribution in [-0.2, 0) is 0 Å². The fourth-order valence-electron chi connectivity index (χ4n) is 1.54. The zero-order valence-corrected chi connectivity index (χ0v) is 7.03.